The van der Waals surface area contributed by atoms with E-state index >= 15 is 0 Å². The van der Waals surface area contributed by atoms with Gasteiger partial charge in [-0.1, -0.05) is 6.92 Å². The van der Waals surface area contributed by atoms with Crippen molar-refractivity contribution in [3.8, 4) is 0 Å². The Morgan fingerprint density at radius 2 is 2.20 bits per heavy atom. The highest BCUT2D eigenvalue weighted by Gasteiger charge is 1.94. The molecule has 4 heteroatoms. The van der Waals surface area contributed by atoms with Crippen LogP contribution in [0, 0.1) is 6.92 Å². The number of nitrogens with zero attached hydrogens (tertiary/aromatic N) is 2. The van der Waals surface area contributed by atoms with Crippen LogP contribution in [0.3, 0.4) is 0 Å². The largest absolute Gasteiger partial charge is 0.311 e. The van der Waals surface area contributed by atoms with Crippen LogP contribution in [-0.4, -0.2) is 28.0 Å². The Hall–Kier alpha value is -0.610. The number of hydrogen-bond donors (Lipinski definition) is 1. The van der Waals surface area contributed by atoms with Crippen LogP contribution in [-0.2, 0) is 6.54 Å². The van der Waals surface area contributed by atoms with Gasteiger partial charge in [0, 0.05) is 18.9 Å². The number of hydrogen-bond acceptors (Lipinski definition) is 4. The summed E-state index contributed by atoms with van der Waals surface area (Å²) in [5.41, 5.74) is 1.99. The molecule has 0 saturated carbocycles. The topological polar surface area (TPSA) is 37.8 Å². The van der Waals surface area contributed by atoms with E-state index in [-0.39, 0.29) is 0 Å². The van der Waals surface area contributed by atoms with Crippen LogP contribution < -0.4 is 5.32 Å². The van der Waals surface area contributed by atoms with Gasteiger partial charge >= 0.3 is 0 Å². The average molecular weight is 225 g/mol. The Bertz CT molecular complexity index is 261. The fraction of sp³-hybridized carbons (Fsp3) is 0.636. The molecule has 0 aromatic carbocycles. The molecule has 84 valence electrons. The minimum atomic E-state index is 0.823. The zero-order valence-corrected chi connectivity index (χ0v) is 10.3. The molecule has 1 aromatic rings. The summed E-state index contributed by atoms with van der Waals surface area (Å²) in [5.74, 6) is 2.45. The highest BCUT2D eigenvalue weighted by molar-refractivity contribution is 7.99. The maximum absolute atomic E-state index is 4.28. The van der Waals surface area contributed by atoms with Crippen molar-refractivity contribution in [3.05, 3.63) is 23.8 Å². The highest BCUT2D eigenvalue weighted by atomic mass is 32.2. The van der Waals surface area contributed by atoms with Crippen LogP contribution in [0.2, 0.25) is 0 Å². The van der Waals surface area contributed by atoms with E-state index in [4.69, 9.17) is 0 Å². The first-order valence-electron chi connectivity index (χ1n) is 5.39. The van der Waals surface area contributed by atoms with Gasteiger partial charge in [-0.3, -0.25) is 9.97 Å². The molecule has 0 atom stereocenters. The maximum atomic E-state index is 4.28. The van der Waals surface area contributed by atoms with Crippen molar-refractivity contribution in [3.63, 3.8) is 0 Å². The molecule has 0 spiro atoms. The smallest absolute Gasteiger partial charge is 0.0724 e. The van der Waals surface area contributed by atoms with E-state index in [1.54, 1.807) is 0 Å². The molecule has 15 heavy (non-hydrogen) atoms. The summed E-state index contributed by atoms with van der Waals surface area (Å²) >= 11 is 1.99. The summed E-state index contributed by atoms with van der Waals surface area (Å²) in [5, 5.41) is 3.36. The van der Waals surface area contributed by atoms with Crippen LogP contribution in [0.15, 0.2) is 12.4 Å². The Morgan fingerprint density at radius 3 is 2.87 bits per heavy atom. The van der Waals surface area contributed by atoms with Gasteiger partial charge in [0.1, 0.15) is 0 Å². The van der Waals surface area contributed by atoms with E-state index < -0.39 is 0 Å². The van der Waals surface area contributed by atoms with Crippen molar-refractivity contribution in [1.29, 1.82) is 0 Å². The molecule has 0 bridgehead atoms. The van der Waals surface area contributed by atoms with Crippen LogP contribution >= 0.6 is 11.8 Å². The highest BCUT2D eigenvalue weighted by Crippen LogP contribution is 1.99. The predicted molar refractivity (Wildman–Crippen MR) is 66.1 cm³/mol. The van der Waals surface area contributed by atoms with Crippen LogP contribution in [0.25, 0.3) is 0 Å². The van der Waals surface area contributed by atoms with Gasteiger partial charge < -0.3 is 5.32 Å². The molecule has 0 unspecified atom stereocenters. The first-order chi connectivity index (χ1) is 7.33. The third-order valence-electron chi connectivity index (χ3n) is 1.99. The lowest BCUT2D eigenvalue weighted by Gasteiger charge is -2.03. The van der Waals surface area contributed by atoms with E-state index in [0.717, 1.165) is 24.5 Å². The molecule has 0 saturated heterocycles. The second-order valence-corrected chi connectivity index (χ2v) is 4.77. The molecule has 1 aromatic heterocycles. The van der Waals surface area contributed by atoms with Crippen LogP contribution in [0.1, 0.15) is 24.7 Å². The minimum Gasteiger partial charge on any atom is -0.311 e. The normalized spacial score (nSPS) is 10.5. The number of aryl methyl sites for hydroxylation is 1. The molecule has 0 radical (unpaired) electrons. The van der Waals surface area contributed by atoms with Crippen LogP contribution in [0.5, 0.6) is 0 Å². The van der Waals surface area contributed by atoms with Gasteiger partial charge in [0.25, 0.3) is 0 Å². The van der Waals surface area contributed by atoms with Gasteiger partial charge in [0.05, 0.1) is 11.4 Å². The number of nitrogens with one attached hydrogen (secondary N) is 1. The van der Waals surface area contributed by atoms with Crippen molar-refractivity contribution >= 4 is 11.8 Å². The van der Waals surface area contributed by atoms with Gasteiger partial charge in [-0.05, 0) is 31.4 Å². The van der Waals surface area contributed by atoms with E-state index in [9.17, 15) is 0 Å². The Kier molecular flexibility index (Phi) is 6.36. The van der Waals surface area contributed by atoms with E-state index in [0.29, 0.717) is 0 Å². The minimum absolute atomic E-state index is 0.823. The number of thioether (sulfide) groups is 1. The maximum Gasteiger partial charge on any atom is 0.0724 e. The van der Waals surface area contributed by atoms with Gasteiger partial charge in [-0.25, -0.2) is 0 Å². The number of aromatic nitrogens is 2. The fourth-order valence-corrected chi connectivity index (χ4v) is 1.81. The standard InChI is InChI=1S/C11H19N3S/c1-3-15-6-4-5-12-8-11-9-13-10(2)7-14-11/h7,9,12H,3-6,8H2,1-2H3. The Morgan fingerprint density at radius 1 is 1.33 bits per heavy atom. The molecule has 0 amide bonds. The van der Waals surface area contributed by atoms with Crippen molar-refractivity contribution in [1.82, 2.24) is 15.3 Å². The van der Waals surface area contributed by atoms with Crippen molar-refractivity contribution in [2.45, 2.75) is 26.8 Å². The number of rotatable bonds is 7. The first-order valence-corrected chi connectivity index (χ1v) is 6.54. The molecule has 0 aliphatic heterocycles. The lowest BCUT2D eigenvalue weighted by atomic mass is 10.4. The molecule has 1 N–H and O–H groups in total. The molecular formula is C11H19N3S. The van der Waals surface area contributed by atoms with E-state index in [1.807, 2.05) is 31.1 Å². The molecule has 3 nitrogen and oxygen atoms in total. The van der Waals surface area contributed by atoms with Gasteiger partial charge in [0.2, 0.25) is 0 Å². The summed E-state index contributed by atoms with van der Waals surface area (Å²) in [4.78, 5) is 8.48. The third kappa shape index (κ3) is 5.74. The molecule has 1 rings (SSSR count). The molecular weight excluding hydrogens is 206 g/mol. The lowest BCUT2D eigenvalue weighted by molar-refractivity contribution is 0.664. The summed E-state index contributed by atoms with van der Waals surface area (Å²) < 4.78 is 0. The molecule has 1 heterocycles. The predicted octanol–water partition coefficient (Wildman–Crippen LogP) is 2.02. The average Bonchev–Trinajstić information content (AvgIpc) is 2.26. The van der Waals surface area contributed by atoms with Crippen LogP contribution in [0.4, 0.5) is 0 Å². The fourth-order valence-electron chi connectivity index (χ4n) is 1.17. The van der Waals surface area contributed by atoms with Crippen molar-refractivity contribution < 1.29 is 0 Å². The zero-order chi connectivity index (χ0) is 10.9. The van der Waals surface area contributed by atoms with Gasteiger partial charge in [-0.2, -0.15) is 11.8 Å². The molecule has 0 aliphatic carbocycles. The summed E-state index contributed by atoms with van der Waals surface area (Å²) in [6.45, 7) is 6.03. The SMILES string of the molecule is CCSCCCNCc1cnc(C)cn1. The first kappa shape index (κ1) is 12.5. The van der Waals surface area contributed by atoms with E-state index in [1.165, 1.54) is 17.9 Å². The molecule has 0 aliphatic rings. The summed E-state index contributed by atoms with van der Waals surface area (Å²) in [6, 6.07) is 0. The van der Waals surface area contributed by atoms with Crippen molar-refractivity contribution in [2.24, 2.45) is 0 Å². The van der Waals surface area contributed by atoms with Gasteiger partial charge in [0.15, 0.2) is 0 Å². The van der Waals surface area contributed by atoms with Crippen molar-refractivity contribution in [2.75, 3.05) is 18.1 Å². The quantitative estimate of drug-likeness (QED) is 0.720. The monoisotopic (exact) mass is 225 g/mol. The summed E-state index contributed by atoms with van der Waals surface area (Å²) in [7, 11) is 0. The Labute approximate surface area is 96.1 Å². The summed E-state index contributed by atoms with van der Waals surface area (Å²) in [6.07, 6.45) is 4.87. The van der Waals surface area contributed by atoms with Gasteiger partial charge in [-0.15, -0.1) is 0 Å². The third-order valence-corrected chi connectivity index (χ3v) is 2.97. The Balaban J connectivity index is 2.07. The second kappa shape index (κ2) is 7.65. The second-order valence-electron chi connectivity index (χ2n) is 3.38. The lowest BCUT2D eigenvalue weighted by Crippen LogP contribution is -2.16. The van der Waals surface area contributed by atoms with E-state index in [2.05, 4.69) is 22.2 Å². The zero-order valence-electron chi connectivity index (χ0n) is 9.49. The molecule has 0 fully saturated rings.